The van der Waals surface area contributed by atoms with Gasteiger partial charge in [0.25, 0.3) is 5.91 Å². The Morgan fingerprint density at radius 3 is 2.94 bits per heavy atom. The predicted octanol–water partition coefficient (Wildman–Crippen LogP) is 0.875. The van der Waals surface area contributed by atoms with Crippen LogP contribution in [0.5, 0.6) is 0 Å². The van der Waals surface area contributed by atoms with E-state index in [-0.39, 0.29) is 23.7 Å². The van der Waals surface area contributed by atoms with Gasteiger partial charge in [-0.2, -0.15) is 0 Å². The van der Waals surface area contributed by atoms with Gasteiger partial charge in [-0.3, -0.25) is 4.79 Å². The molecule has 1 aromatic heterocycles. The molecule has 2 rings (SSSR count). The zero-order valence-electron chi connectivity index (χ0n) is 9.32. The zero-order valence-corrected chi connectivity index (χ0v) is 9.32. The molecule has 1 heterocycles. The van der Waals surface area contributed by atoms with Crippen LogP contribution < -0.4 is 5.32 Å². The van der Waals surface area contributed by atoms with Gasteiger partial charge in [-0.25, -0.2) is 0 Å². The van der Waals surface area contributed by atoms with Crippen molar-refractivity contribution in [3.8, 4) is 0 Å². The van der Waals surface area contributed by atoms with Gasteiger partial charge in [-0.1, -0.05) is 5.16 Å². The van der Waals surface area contributed by atoms with Crippen molar-refractivity contribution in [1.29, 1.82) is 0 Å². The molecule has 0 spiro atoms. The fourth-order valence-corrected chi connectivity index (χ4v) is 1.75. The quantitative estimate of drug-likeness (QED) is 0.778. The van der Waals surface area contributed by atoms with Gasteiger partial charge in [-0.15, -0.1) is 0 Å². The highest BCUT2D eigenvalue weighted by atomic mass is 16.5. The molecule has 2 N–H and O–H groups in total. The third-order valence-corrected chi connectivity index (χ3v) is 3.07. The molecule has 1 aliphatic rings. The highest BCUT2D eigenvalue weighted by molar-refractivity contribution is 5.91. The monoisotopic (exact) mass is 224 g/mol. The Morgan fingerprint density at radius 2 is 2.44 bits per heavy atom. The molecule has 5 heteroatoms. The van der Waals surface area contributed by atoms with Crippen molar-refractivity contribution in [3.63, 3.8) is 0 Å². The average molecular weight is 224 g/mol. The molecule has 0 atom stereocenters. The number of hydrogen-bond donors (Lipinski definition) is 2. The highest BCUT2D eigenvalue weighted by Gasteiger charge is 2.42. The molecule has 1 fully saturated rings. The van der Waals surface area contributed by atoms with Gasteiger partial charge >= 0.3 is 0 Å². The Balaban J connectivity index is 1.84. The molecule has 1 aliphatic carbocycles. The van der Waals surface area contributed by atoms with E-state index < -0.39 is 0 Å². The smallest absolute Gasteiger partial charge is 0.289 e. The fraction of sp³-hybridized carbons (Fsp3) is 0.636. The maximum absolute atomic E-state index is 11.6. The number of nitrogens with one attached hydrogen (secondary N) is 1. The third-order valence-electron chi connectivity index (χ3n) is 3.07. The van der Waals surface area contributed by atoms with Crippen molar-refractivity contribution in [2.75, 3.05) is 13.2 Å². The Labute approximate surface area is 93.8 Å². The molecule has 88 valence electrons. The lowest BCUT2D eigenvalue weighted by Crippen LogP contribution is -2.30. The number of aliphatic hydroxyl groups is 1. The van der Waals surface area contributed by atoms with Crippen molar-refractivity contribution < 1.29 is 14.4 Å². The summed E-state index contributed by atoms with van der Waals surface area (Å²) in [7, 11) is 0. The normalized spacial score (nSPS) is 17.1. The van der Waals surface area contributed by atoms with Crippen LogP contribution in [0.25, 0.3) is 0 Å². The maximum atomic E-state index is 11.6. The maximum Gasteiger partial charge on any atom is 0.289 e. The molecular weight excluding hydrogens is 208 g/mol. The number of carbonyl (C=O) groups is 1. The van der Waals surface area contributed by atoms with E-state index in [0.717, 1.165) is 19.3 Å². The van der Waals surface area contributed by atoms with E-state index in [2.05, 4.69) is 10.5 Å². The van der Waals surface area contributed by atoms with E-state index in [1.165, 1.54) is 0 Å². The molecule has 0 saturated heterocycles. The van der Waals surface area contributed by atoms with Crippen molar-refractivity contribution in [3.05, 3.63) is 17.5 Å². The van der Waals surface area contributed by atoms with Gasteiger partial charge < -0.3 is 14.9 Å². The molecule has 1 aromatic rings. The third kappa shape index (κ3) is 2.41. The summed E-state index contributed by atoms with van der Waals surface area (Å²) in [6.07, 6.45) is 2.90. The van der Waals surface area contributed by atoms with Crippen molar-refractivity contribution >= 4 is 5.91 Å². The van der Waals surface area contributed by atoms with Crippen LogP contribution in [0.1, 0.15) is 35.5 Å². The minimum Gasteiger partial charge on any atom is -0.396 e. The van der Waals surface area contributed by atoms with Gasteiger partial charge in [0.15, 0.2) is 0 Å². The zero-order chi connectivity index (χ0) is 11.6. The van der Waals surface area contributed by atoms with E-state index in [1.54, 1.807) is 13.0 Å². The van der Waals surface area contributed by atoms with Crippen molar-refractivity contribution in [2.45, 2.75) is 26.2 Å². The standard InChI is InChI=1S/C11H16N2O3/c1-8-6-9(16-13-8)10(15)12-7-11(2-3-11)4-5-14/h6,14H,2-5,7H2,1H3,(H,12,15). The van der Waals surface area contributed by atoms with E-state index in [1.807, 2.05) is 0 Å². The van der Waals surface area contributed by atoms with Crippen LogP contribution in [0.2, 0.25) is 0 Å². The van der Waals surface area contributed by atoms with Gasteiger partial charge in [0.1, 0.15) is 0 Å². The summed E-state index contributed by atoms with van der Waals surface area (Å²) in [4.78, 5) is 11.6. The van der Waals surface area contributed by atoms with E-state index in [4.69, 9.17) is 9.63 Å². The summed E-state index contributed by atoms with van der Waals surface area (Å²) in [5.41, 5.74) is 0.820. The number of aliphatic hydroxyl groups excluding tert-OH is 1. The van der Waals surface area contributed by atoms with Gasteiger partial charge in [0.2, 0.25) is 5.76 Å². The first-order valence-electron chi connectivity index (χ1n) is 5.48. The van der Waals surface area contributed by atoms with Crippen LogP contribution in [0.4, 0.5) is 0 Å². The van der Waals surface area contributed by atoms with E-state index >= 15 is 0 Å². The first-order chi connectivity index (χ1) is 7.65. The summed E-state index contributed by atoms with van der Waals surface area (Å²) in [6.45, 7) is 2.55. The second kappa shape index (κ2) is 4.25. The largest absolute Gasteiger partial charge is 0.396 e. The first kappa shape index (κ1) is 11.1. The van der Waals surface area contributed by atoms with Gasteiger partial charge in [0, 0.05) is 19.2 Å². The molecule has 0 unspecified atom stereocenters. The molecule has 0 bridgehead atoms. The second-order valence-corrected chi connectivity index (χ2v) is 4.49. The van der Waals surface area contributed by atoms with Crippen LogP contribution >= 0.6 is 0 Å². The number of amides is 1. The number of rotatable bonds is 5. The minimum absolute atomic E-state index is 0.124. The van der Waals surface area contributed by atoms with E-state index in [0.29, 0.717) is 12.2 Å². The number of carbonyl (C=O) groups excluding carboxylic acids is 1. The number of hydrogen-bond acceptors (Lipinski definition) is 4. The number of nitrogens with zero attached hydrogens (tertiary/aromatic N) is 1. The summed E-state index contributed by atoms with van der Waals surface area (Å²) < 4.78 is 4.86. The number of aryl methyl sites for hydroxylation is 1. The molecule has 0 aliphatic heterocycles. The van der Waals surface area contributed by atoms with Crippen LogP contribution in [0.3, 0.4) is 0 Å². The first-order valence-corrected chi connectivity index (χ1v) is 5.48. The minimum atomic E-state index is -0.232. The summed E-state index contributed by atoms with van der Waals surface area (Å²) in [5, 5.41) is 15.4. The Morgan fingerprint density at radius 1 is 1.69 bits per heavy atom. The molecule has 0 aromatic carbocycles. The number of aromatic nitrogens is 1. The topological polar surface area (TPSA) is 75.4 Å². The molecule has 1 saturated carbocycles. The fourth-order valence-electron chi connectivity index (χ4n) is 1.75. The molecular formula is C11H16N2O3. The molecule has 1 amide bonds. The SMILES string of the molecule is Cc1cc(C(=O)NCC2(CCO)CC2)on1. The lowest BCUT2D eigenvalue weighted by atomic mass is 10.0. The summed E-state index contributed by atoms with van der Waals surface area (Å²) in [5.74, 6) is 0.0158. The van der Waals surface area contributed by atoms with Gasteiger partial charge in [-0.05, 0) is 31.6 Å². The molecule has 16 heavy (non-hydrogen) atoms. The van der Waals surface area contributed by atoms with Crippen molar-refractivity contribution in [1.82, 2.24) is 10.5 Å². The highest BCUT2D eigenvalue weighted by Crippen LogP contribution is 2.47. The van der Waals surface area contributed by atoms with Gasteiger partial charge in [0.05, 0.1) is 5.69 Å². The Hall–Kier alpha value is -1.36. The molecule has 0 radical (unpaired) electrons. The predicted molar refractivity (Wildman–Crippen MR) is 56.9 cm³/mol. The summed E-state index contributed by atoms with van der Waals surface area (Å²) >= 11 is 0. The summed E-state index contributed by atoms with van der Waals surface area (Å²) in [6, 6.07) is 1.61. The Bertz CT molecular complexity index is 382. The second-order valence-electron chi connectivity index (χ2n) is 4.49. The van der Waals surface area contributed by atoms with Crippen molar-refractivity contribution in [2.24, 2.45) is 5.41 Å². The average Bonchev–Trinajstić information content (AvgIpc) is 2.89. The van der Waals surface area contributed by atoms with Crippen LogP contribution in [-0.2, 0) is 0 Å². The lowest BCUT2D eigenvalue weighted by Gasteiger charge is -2.13. The lowest BCUT2D eigenvalue weighted by molar-refractivity contribution is 0.0904. The van der Waals surface area contributed by atoms with Crippen LogP contribution in [0.15, 0.2) is 10.6 Å². The van der Waals surface area contributed by atoms with E-state index in [9.17, 15) is 4.79 Å². The van der Waals surface area contributed by atoms with Crippen LogP contribution in [-0.4, -0.2) is 29.3 Å². The van der Waals surface area contributed by atoms with Crippen LogP contribution in [0, 0.1) is 12.3 Å². The molecule has 5 nitrogen and oxygen atoms in total. The Kier molecular flexibility index (Phi) is 2.96.